The van der Waals surface area contributed by atoms with Crippen LogP contribution in [-0.4, -0.2) is 0 Å². The molecule has 0 amide bonds. The molecular weight excluding hydrogens is 572 g/mol. The van der Waals surface area contributed by atoms with Crippen molar-refractivity contribution in [2.75, 3.05) is 0 Å². The van der Waals surface area contributed by atoms with Crippen LogP contribution in [0.15, 0.2) is 167 Å². The zero-order valence-electron chi connectivity index (χ0n) is 27.5. The van der Waals surface area contributed by atoms with Crippen LogP contribution in [0.4, 0.5) is 0 Å². The number of fused-ring (bicyclic) bond motifs is 7. The van der Waals surface area contributed by atoms with Gasteiger partial charge in [-0.25, -0.2) is 0 Å². The highest BCUT2D eigenvalue weighted by Gasteiger charge is 2.17. The Morgan fingerprint density at radius 3 is 1.87 bits per heavy atom. The third-order valence-corrected chi connectivity index (χ3v) is 8.17. The third kappa shape index (κ3) is 6.55. The monoisotopic (exact) mass is 612 g/mol. The Morgan fingerprint density at radius 1 is 0.553 bits per heavy atom. The molecule has 0 aliphatic heterocycles. The van der Waals surface area contributed by atoms with Crippen LogP contribution in [0.3, 0.4) is 0 Å². The predicted octanol–water partition coefficient (Wildman–Crippen LogP) is 13.9. The number of benzene rings is 5. The largest absolute Gasteiger partial charge is 0.452 e. The lowest BCUT2D eigenvalue weighted by atomic mass is 9.98. The third-order valence-electron chi connectivity index (χ3n) is 8.17. The summed E-state index contributed by atoms with van der Waals surface area (Å²) < 4.78 is 13.1. The van der Waals surface area contributed by atoms with Gasteiger partial charge < -0.3 is 8.83 Å². The summed E-state index contributed by atoms with van der Waals surface area (Å²) in [7, 11) is 0. The van der Waals surface area contributed by atoms with E-state index in [9.17, 15) is 0 Å². The van der Waals surface area contributed by atoms with Crippen molar-refractivity contribution in [2.45, 2.75) is 34.1 Å². The zero-order chi connectivity index (χ0) is 32.6. The van der Waals surface area contributed by atoms with Gasteiger partial charge in [0.05, 0.1) is 0 Å². The first-order valence-electron chi connectivity index (χ1n) is 16.5. The van der Waals surface area contributed by atoms with E-state index in [1.807, 2.05) is 39.0 Å². The first kappa shape index (κ1) is 31.4. The fourth-order valence-electron chi connectivity index (χ4n) is 5.89. The van der Waals surface area contributed by atoms with Crippen LogP contribution in [0.25, 0.3) is 71.7 Å². The first-order valence-corrected chi connectivity index (χ1v) is 16.5. The van der Waals surface area contributed by atoms with Gasteiger partial charge in [-0.15, -0.1) is 0 Å². The SMILES string of the molecule is C/C=C/C=C/C(=C\C=C/C=C\CC)c1ccc2c(c1)oc1c2ccc2c3ccc(-c4cccc(-c5ccccc5)c4)cc3oc21.CC. The molecule has 0 atom stereocenters. The van der Waals surface area contributed by atoms with Crippen molar-refractivity contribution < 1.29 is 8.83 Å². The van der Waals surface area contributed by atoms with Crippen molar-refractivity contribution in [3.8, 4) is 22.3 Å². The Kier molecular flexibility index (Phi) is 9.79. The van der Waals surface area contributed by atoms with E-state index in [1.54, 1.807) is 0 Å². The minimum absolute atomic E-state index is 0.781. The summed E-state index contributed by atoms with van der Waals surface area (Å²) in [5, 5.41) is 4.27. The van der Waals surface area contributed by atoms with Gasteiger partial charge in [0, 0.05) is 21.5 Å². The molecule has 5 aromatic carbocycles. The van der Waals surface area contributed by atoms with Gasteiger partial charge in [0.2, 0.25) is 0 Å². The Morgan fingerprint density at radius 2 is 1.17 bits per heavy atom. The molecule has 0 saturated heterocycles. The highest BCUT2D eigenvalue weighted by Crippen LogP contribution is 2.40. The predicted molar refractivity (Wildman–Crippen MR) is 204 cm³/mol. The summed E-state index contributed by atoms with van der Waals surface area (Å²) in [6.45, 7) is 8.16. The molecule has 2 nitrogen and oxygen atoms in total. The number of hydrogen-bond acceptors (Lipinski definition) is 2. The normalized spacial score (nSPS) is 12.6. The summed E-state index contributed by atoms with van der Waals surface area (Å²) in [5.74, 6) is 0. The highest BCUT2D eigenvalue weighted by atomic mass is 16.4. The Bertz CT molecular complexity index is 2300. The zero-order valence-corrected chi connectivity index (χ0v) is 27.5. The molecule has 7 aromatic rings. The summed E-state index contributed by atoms with van der Waals surface area (Å²) in [5.41, 5.74) is 10.1. The quantitative estimate of drug-likeness (QED) is 0.160. The van der Waals surface area contributed by atoms with Crippen LogP contribution >= 0.6 is 0 Å². The molecule has 0 bridgehead atoms. The highest BCUT2D eigenvalue weighted by molar-refractivity contribution is 6.19. The lowest BCUT2D eigenvalue weighted by Gasteiger charge is -2.06. The molecule has 7 rings (SSSR count). The molecule has 0 aliphatic carbocycles. The van der Waals surface area contributed by atoms with E-state index in [1.165, 1.54) is 11.1 Å². The summed E-state index contributed by atoms with van der Waals surface area (Å²) in [6, 6.07) is 36.4. The second-order valence-electron chi connectivity index (χ2n) is 11.1. The van der Waals surface area contributed by atoms with E-state index in [2.05, 4.69) is 147 Å². The van der Waals surface area contributed by atoms with Crippen molar-refractivity contribution in [3.63, 3.8) is 0 Å². The molecule has 0 unspecified atom stereocenters. The molecule has 0 spiro atoms. The average Bonchev–Trinajstić information content (AvgIpc) is 3.70. The van der Waals surface area contributed by atoms with E-state index in [4.69, 9.17) is 8.83 Å². The number of furan rings is 2. The molecule has 232 valence electrons. The van der Waals surface area contributed by atoms with Crippen molar-refractivity contribution in [2.24, 2.45) is 0 Å². The van der Waals surface area contributed by atoms with Crippen molar-refractivity contribution in [1.82, 2.24) is 0 Å². The van der Waals surface area contributed by atoms with E-state index < -0.39 is 0 Å². The first-order chi connectivity index (χ1) is 23.2. The van der Waals surface area contributed by atoms with Gasteiger partial charge in [-0.1, -0.05) is 136 Å². The molecule has 0 N–H and O–H groups in total. The van der Waals surface area contributed by atoms with Crippen molar-refractivity contribution in [1.29, 1.82) is 0 Å². The topological polar surface area (TPSA) is 26.3 Å². The smallest absolute Gasteiger partial charge is 0.178 e. The lowest BCUT2D eigenvalue weighted by Crippen LogP contribution is -1.81. The van der Waals surface area contributed by atoms with Crippen LogP contribution in [0, 0.1) is 0 Å². The average molecular weight is 613 g/mol. The maximum Gasteiger partial charge on any atom is 0.178 e. The van der Waals surface area contributed by atoms with Crippen LogP contribution in [0.1, 0.15) is 39.7 Å². The molecule has 2 heteroatoms. The van der Waals surface area contributed by atoms with Gasteiger partial charge >= 0.3 is 0 Å². The van der Waals surface area contributed by atoms with Gasteiger partial charge in [0.1, 0.15) is 11.2 Å². The van der Waals surface area contributed by atoms with Gasteiger partial charge in [-0.3, -0.25) is 0 Å². The van der Waals surface area contributed by atoms with Gasteiger partial charge in [0.15, 0.2) is 11.2 Å². The number of allylic oxidation sites excluding steroid dienone is 10. The summed E-state index contributed by atoms with van der Waals surface area (Å²) in [6.07, 6.45) is 19.8. The molecule has 0 aliphatic rings. The van der Waals surface area contributed by atoms with Crippen LogP contribution < -0.4 is 0 Å². The summed E-state index contributed by atoms with van der Waals surface area (Å²) in [4.78, 5) is 0. The summed E-state index contributed by atoms with van der Waals surface area (Å²) >= 11 is 0. The van der Waals surface area contributed by atoms with Crippen LogP contribution in [-0.2, 0) is 0 Å². The molecule has 0 fully saturated rings. The number of rotatable bonds is 8. The van der Waals surface area contributed by atoms with E-state index in [-0.39, 0.29) is 0 Å². The molecule has 2 aromatic heterocycles. The fourth-order valence-corrected chi connectivity index (χ4v) is 5.89. The fraction of sp³-hybridized carbons (Fsp3) is 0.111. The van der Waals surface area contributed by atoms with E-state index in [0.717, 1.165) is 72.6 Å². The van der Waals surface area contributed by atoms with E-state index >= 15 is 0 Å². The van der Waals surface area contributed by atoms with Gasteiger partial charge in [-0.05, 0) is 89.2 Å². The second kappa shape index (κ2) is 14.7. The Labute approximate surface area is 277 Å². The van der Waals surface area contributed by atoms with Gasteiger partial charge in [-0.2, -0.15) is 0 Å². The van der Waals surface area contributed by atoms with Gasteiger partial charge in [0.25, 0.3) is 0 Å². The van der Waals surface area contributed by atoms with Crippen molar-refractivity contribution in [3.05, 3.63) is 163 Å². The Hall–Kier alpha value is -5.60. The van der Waals surface area contributed by atoms with Crippen LogP contribution in [0.5, 0.6) is 0 Å². The molecule has 0 saturated carbocycles. The minimum Gasteiger partial charge on any atom is -0.452 e. The second-order valence-corrected chi connectivity index (χ2v) is 11.1. The molecule has 0 radical (unpaired) electrons. The maximum absolute atomic E-state index is 6.56. The standard InChI is InChI=1S/C43H34O2.C2H6/c1-3-5-7-8-11-16-31(15-10-6-4-2)34-21-23-36-38-25-26-39-37-24-22-35(29-41(37)45-43(39)42(38)44-40(36)28-34)33-20-14-19-32(27-33)30-17-12-9-13-18-30;1-2/h4-29H,3H2,1-2H3;1-2H3/b6-4+,7-5-,11-8-,15-10+,31-16+;. The number of hydrogen-bond donors (Lipinski definition) is 0. The molecular formula is C45H40O2. The minimum atomic E-state index is 0.781. The van der Waals surface area contributed by atoms with E-state index in [0.29, 0.717) is 0 Å². The molecule has 2 heterocycles. The molecule has 47 heavy (non-hydrogen) atoms. The van der Waals surface area contributed by atoms with Crippen LogP contribution in [0.2, 0.25) is 0 Å². The Balaban J connectivity index is 0.00000190. The maximum atomic E-state index is 6.56. The van der Waals surface area contributed by atoms with Crippen molar-refractivity contribution >= 4 is 49.5 Å². The lowest BCUT2D eigenvalue weighted by molar-refractivity contribution is 0.633.